The van der Waals surface area contributed by atoms with Crippen molar-refractivity contribution in [2.24, 2.45) is 0 Å². The van der Waals surface area contributed by atoms with E-state index in [1.807, 2.05) is 12.1 Å². The van der Waals surface area contributed by atoms with Crippen LogP contribution < -0.4 is 5.32 Å². The smallest absolute Gasteiger partial charge is 0.134 e. The summed E-state index contributed by atoms with van der Waals surface area (Å²) < 4.78 is 11.8. The number of fused-ring (bicyclic) bond motifs is 1. The largest absolute Gasteiger partial charge is 0.459 e. The molecule has 1 aromatic heterocycles. The van der Waals surface area contributed by atoms with Gasteiger partial charge in [0.2, 0.25) is 0 Å². The van der Waals surface area contributed by atoms with Crippen LogP contribution in [0.15, 0.2) is 28.7 Å². The van der Waals surface area contributed by atoms with Crippen molar-refractivity contribution in [3.05, 3.63) is 35.6 Å². The molecule has 1 fully saturated rings. The molecule has 1 aliphatic rings. The molecule has 2 atom stereocenters. The van der Waals surface area contributed by atoms with Crippen LogP contribution in [0.5, 0.6) is 0 Å². The number of furan rings is 1. The number of ether oxygens (including phenoxy) is 1. The zero-order chi connectivity index (χ0) is 14.2. The van der Waals surface area contributed by atoms with Crippen molar-refractivity contribution in [3.63, 3.8) is 0 Å². The molecule has 0 spiro atoms. The molecule has 108 valence electrons. The van der Waals surface area contributed by atoms with Gasteiger partial charge in [0, 0.05) is 18.5 Å². The summed E-state index contributed by atoms with van der Waals surface area (Å²) in [5.41, 5.74) is 2.18. The van der Waals surface area contributed by atoms with Crippen LogP contribution in [0.25, 0.3) is 11.0 Å². The molecule has 1 saturated heterocycles. The standard InChI is InChI=1S/C17H23NO2/c1-12-14-7-4-5-8-15(14)20-16(12)13(2)18-11-17(3)9-6-10-19-17/h4-5,7-8,13,18H,6,9-11H2,1-3H3. The van der Waals surface area contributed by atoms with E-state index in [2.05, 4.69) is 38.2 Å². The highest BCUT2D eigenvalue weighted by molar-refractivity contribution is 5.82. The number of hydrogen-bond acceptors (Lipinski definition) is 3. The molecule has 0 amide bonds. The lowest BCUT2D eigenvalue weighted by Gasteiger charge is -2.25. The lowest BCUT2D eigenvalue weighted by molar-refractivity contribution is 0.0187. The van der Waals surface area contributed by atoms with Crippen molar-refractivity contribution in [2.45, 2.75) is 45.3 Å². The first kappa shape index (κ1) is 13.7. The summed E-state index contributed by atoms with van der Waals surface area (Å²) in [5.74, 6) is 1.03. The second kappa shape index (κ2) is 5.23. The summed E-state index contributed by atoms with van der Waals surface area (Å²) in [7, 11) is 0. The Kier molecular flexibility index (Phi) is 3.57. The Morgan fingerprint density at radius 2 is 2.15 bits per heavy atom. The van der Waals surface area contributed by atoms with E-state index in [1.54, 1.807) is 0 Å². The predicted octanol–water partition coefficient (Wildman–Crippen LogP) is 3.96. The molecule has 0 aliphatic carbocycles. The highest BCUT2D eigenvalue weighted by atomic mass is 16.5. The predicted molar refractivity (Wildman–Crippen MR) is 81.0 cm³/mol. The van der Waals surface area contributed by atoms with E-state index >= 15 is 0 Å². The van der Waals surface area contributed by atoms with Gasteiger partial charge in [0.15, 0.2) is 0 Å². The molecule has 1 aromatic carbocycles. The number of para-hydroxylation sites is 1. The number of benzene rings is 1. The fraction of sp³-hybridized carbons (Fsp3) is 0.529. The fourth-order valence-corrected chi connectivity index (χ4v) is 3.04. The van der Waals surface area contributed by atoms with Crippen molar-refractivity contribution >= 4 is 11.0 Å². The zero-order valence-corrected chi connectivity index (χ0v) is 12.5. The summed E-state index contributed by atoms with van der Waals surface area (Å²) >= 11 is 0. The first-order chi connectivity index (χ1) is 9.59. The van der Waals surface area contributed by atoms with E-state index in [9.17, 15) is 0 Å². The molecular formula is C17H23NO2. The topological polar surface area (TPSA) is 34.4 Å². The van der Waals surface area contributed by atoms with Crippen LogP contribution in [0.4, 0.5) is 0 Å². The minimum Gasteiger partial charge on any atom is -0.459 e. The zero-order valence-electron chi connectivity index (χ0n) is 12.5. The number of hydrogen-bond donors (Lipinski definition) is 1. The Bertz CT molecular complexity index is 596. The molecule has 3 heteroatoms. The van der Waals surface area contributed by atoms with Gasteiger partial charge in [-0.3, -0.25) is 0 Å². The van der Waals surface area contributed by atoms with E-state index in [4.69, 9.17) is 9.15 Å². The average molecular weight is 273 g/mol. The Morgan fingerprint density at radius 1 is 1.35 bits per heavy atom. The van der Waals surface area contributed by atoms with Crippen molar-refractivity contribution in [1.29, 1.82) is 0 Å². The van der Waals surface area contributed by atoms with Crippen LogP contribution in [0.1, 0.15) is 44.1 Å². The summed E-state index contributed by atoms with van der Waals surface area (Å²) in [6, 6.07) is 8.41. The van der Waals surface area contributed by atoms with Crippen LogP contribution in [0.3, 0.4) is 0 Å². The highest BCUT2D eigenvalue weighted by Gasteiger charge is 2.30. The molecule has 0 radical (unpaired) electrons. The molecule has 20 heavy (non-hydrogen) atoms. The van der Waals surface area contributed by atoms with E-state index in [0.29, 0.717) is 0 Å². The summed E-state index contributed by atoms with van der Waals surface area (Å²) in [4.78, 5) is 0. The van der Waals surface area contributed by atoms with Crippen molar-refractivity contribution in [1.82, 2.24) is 5.32 Å². The van der Waals surface area contributed by atoms with Crippen molar-refractivity contribution < 1.29 is 9.15 Å². The summed E-state index contributed by atoms with van der Waals surface area (Å²) in [5, 5.41) is 4.77. The van der Waals surface area contributed by atoms with E-state index in [1.165, 1.54) is 10.9 Å². The van der Waals surface area contributed by atoms with Gasteiger partial charge in [-0.25, -0.2) is 0 Å². The van der Waals surface area contributed by atoms with E-state index in [-0.39, 0.29) is 11.6 Å². The van der Waals surface area contributed by atoms with E-state index in [0.717, 1.165) is 37.3 Å². The molecule has 1 aliphatic heterocycles. The number of nitrogens with one attached hydrogen (secondary N) is 1. The van der Waals surface area contributed by atoms with Gasteiger partial charge >= 0.3 is 0 Å². The van der Waals surface area contributed by atoms with Crippen molar-refractivity contribution in [3.8, 4) is 0 Å². The third-order valence-electron chi connectivity index (χ3n) is 4.36. The second-order valence-electron chi connectivity index (χ2n) is 6.09. The highest BCUT2D eigenvalue weighted by Crippen LogP contribution is 2.30. The van der Waals surface area contributed by atoms with Gasteiger partial charge in [0.1, 0.15) is 11.3 Å². The summed E-state index contributed by atoms with van der Waals surface area (Å²) in [6.07, 6.45) is 2.29. The molecule has 0 bridgehead atoms. The Balaban J connectivity index is 1.75. The lowest BCUT2D eigenvalue weighted by Crippen LogP contribution is -2.38. The van der Waals surface area contributed by atoms with Crippen LogP contribution in [0, 0.1) is 6.92 Å². The van der Waals surface area contributed by atoms with Crippen molar-refractivity contribution in [2.75, 3.05) is 13.2 Å². The molecular weight excluding hydrogens is 250 g/mol. The Morgan fingerprint density at radius 3 is 2.85 bits per heavy atom. The molecule has 1 N–H and O–H groups in total. The molecule has 0 saturated carbocycles. The van der Waals surface area contributed by atoms with Crippen LogP contribution in [-0.2, 0) is 4.74 Å². The van der Waals surface area contributed by atoms with Gasteiger partial charge in [-0.05, 0) is 45.2 Å². The average Bonchev–Trinajstić information content (AvgIpc) is 3.02. The van der Waals surface area contributed by atoms with Gasteiger partial charge in [0.25, 0.3) is 0 Å². The molecule has 2 heterocycles. The maximum Gasteiger partial charge on any atom is 0.134 e. The minimum atomic E-state index is -0.0197. The second-order valence-corrected chi connectivity index (χ2v) is 6.09. The lowest BCUT2D eigenvalue weighted by atomic mass is 10.0. The van der Waals surface area contributed by atoms with Gasteiger partial charge in [-0.1, -0.05) is 18.2 Å². The first-order valence-electron chi connectivity index (χ1n) is 7.44. The first-order valence-corrected chi connectivity index (χ1v) is 7.44. The SMILES string of the molecule is Cc1c(C(C)NCC2(C)CCCO2)oc2ccccc12. The van der Waals surface area contributed by atoms with Gasteiger partial charge in [0.05, 0.1) is 11.6 Å². The van der Waals surface area contributed by atoms with E-state index < -0.39 is 0 Å². The van der Waals surface area contributed by atoms with Crippen LogP contribution in [-0.4, -0.2) is 18.8 Å². The molecule has 3 rings (SSSR count). The fourth-order valence-electron chi connectivity index (χ4n) is 3.04. The van der Waals surface area contributed by atoms with Crippen LogP contribution >= 0.6 is 0 Å². The quantitative estimate of drug-likeness (QED) is 0.915. The minimum absolute atomic E-state index is 0.0197. The monoisotopic (exact) mass is 273 g/mol. The Labute approximate surface area is 120 Å². The number of rotatable bonds is 4. The molecule has 3 nitrogen and oxygen atoms in total. The maximum atomic E-state index is 6.01. The molecule has 2 unspecified atom stereocenters. The van der Waals surface area contributed by atoms with Gasteiger partial charge in [-0.2, -0.15) is 0 Å². The Hall–Kier alpha value is -1.32. The normalized spacial score (nSPS) is 24.4. The van der Waals surface area contributed by atoms with Crippen LogP contribution in [0.2, 0.25) is 0 Å². The number of aryl methyl sites for hydroxylation is 1. The van der Waals surface area contributed by atoms with Gasteiger partial charge < -0.3 is 14.5 Å². The summed E-state index contributed by atoms with van der Waals surface area (Å²) in [6.45, 7) is 8.22. The third kappa shape index (κ3) is 2.48. The molecule has 2 aromatic rings. The maximum absolute atomic E-state index is 6.01. The third-order valence-corrected chi connectivity index (χ3v) is 4.36. The van der Waals surface area contributed by atoms with Gasteiger partial charge in [-0.15, -0.1) is 0 Å².